The lowest BCUT2D eigenvalue weighted by Gasteiger charge is -2.11. The number of benzene rings is 1. The summed E-state index contributed by atoms with van der Waals surface area (Å²) in [5.74, 6) is 2.17. The molecular formula is C22H24N4O2S. The number of nitrogens with one attached hydrogen (secondary N) is 1. The maximum atomic E-state index is 12.9. The first-order chi connectivity index (χ1) is 14.1. The number of ketones is 1. The average Bonchev–Trinajstić information content (AvgIpc) is 3.45. The van der Waals surface area contributed by atoms with Crippen molar-refractivity contribution in [3.8, 4) is 11.6 Å². The first kappa shape index (κ1) is 19.5. The number of furan rings is 1. The number of carbonyl (C=O) groups excluding carboxylic acids is 1. The largest absolute Gasteiger partial charge is 0.461 e. The number of aromatic amines is 1. The molecule has 0 atom stereocenters. The zero-order chi connectivity index (χ0) is 20.4. The van der Waals surface area contributed by atoms with Gasteiger partial charge in [-0.2, -0.15) is 0 Å². The topological polar surface area (TPSA) is 76.7 Å². The molecular weight excluding hydrogens is 384 g/mol. The van der Waals surface area contributed by atoms with Crippen molar-refractivity contribution in [2.45, 2.75) is 38.9 Å². The van der Waals surface area contributed by atoms with Gasteiger partial charge < -0.3 is 9.40 Å². The molecule has 0 fully saturated rings. The van der Waals surface area contributed by atoms with Crippen molar-refractivity contribution >= 4 is 28.4 Å². The van der Waals surface area contributed by atoms with Gasteiger partial charge in [-0.3, -0.25) is 9.36 Å². The van der Waals surface area contributed by atoms with E-state index in [1.807, 2.05) is 35.0 Å². The summed E-state index contributed by atoms with van der Waals surface area (Å²) >= 11 is 1.42. The smallest absolute Gasteiger partial charge is 0.200 e. The molecule has 0 unspecified atom stereocenters. The molecule has 4 aromatic rings. The lowest BCUT2D eigenvalue weighted by Crippen LogP contribution is -2.09. The first-order valence-corrected chi connectivity index (χ1v) is 10.8. The molecule has 0 aliphatic carbocycles. The second kappa shape index (κ2) is 8.29. The maximum Gasteiger partial charge on any atom is 0.200 e. The third-order valence-electron chi connectivity index (χ3n) is 4.82. The van der Waals surface area contributed by atoms with E-state index in [4.69, 9.17) is 4.42 Å². The van der Waals surface area contributed by atoms with Crippen molar-refractivity contribution < 1.29 is 9.21 Å². The molecule has 6 nitrogen and oxygen atoms in total. The molecule has 3 aromatic heterocycles. The van der Waals surface area contributed by atoms with Gasteiger partial charge in [0.05, 0.1) is 12.0 Å². The summed E-state index contributed by atoms with van der Waals surface area (Å²) in [4.78, 5) is 16.2. The van der Waals surface area contributed by atoms with Gasteiger partial charge in [-0.05, 0) is 30.0 Å². The fourth-order valence-corrected chi connectivity index (χ4v) is 4.29. The van der Waals surface area contributed by atoms with Gasteiger partial charge in [-0.1, -0.05) is 50.7 Å². The van der Waals surface area contributed by atoms with Crippen LogP contribution in [0.15, 0.2) is 52.4 Å². The molecule has 7 heteroatoms. The molecule has 0 saturated heterocycles. The van der Waals surface area contributed by atoms with E-state index in [1.54, 1.807) is 6.26 Å². The van der Waals surface area contributed by atoms with Gasteiger partial charge in [0.1, 0.15) is 0 Å². The van der Waals surface area contributed by atoms with Crippen LogP contribution < -0.4 is 0 Å². The van der Waals surface area contributed by atoms with Gasteiger partial charge in [0.25, 0.3) is 0 Å². The van der Waals surface area contributed by atoms with Crippen LogP contribution in [0.2, 0.25) is 0 Å². The average molecular weight is 409 g/mol. The third-order valence-corrected chi connectivity index (χ3v) is 5.79. The Balaban J connectivity index is 1.57. The second-order valence-electron chi connectivity index (χ2n) is 7.40. The Hall–Kier alpha value is -2.80. The lowest BCUT2D eigenvalue weighted by molar-refractivity contribution is 0.102. The fourth-order valence-electron chi connectivity index (χ4n) is 3.46. The van der Waals surface area contributed by atoms with E-state index in [9.17, 15) is 4.79 Å². The number of aromatic nitrogens is 4. The maximum absolute atomic E-state index is 12.9. The number of nitrogens with zero attached hydrogens (tertiary/aromatic N) is 3. The molecule has 0 bridgehead atoms. The van der Waals surface area contributed by atoms with Crippen LogP contribution >= 0.6 is 11.8 Å². The van der Waals surface area contributed by atoms with E-state index in [1.165, 1.54) is 17.3 Å². The predicted octanol–water partition coefficient (Wildman–Crippen LogP) is 5.21. The number of thioether (sulfide) groups is 1. The third kappa shape index (κ3) is 3.87. The zero-order valence-corrected chi connectivity index (χ0v) is 17.6. The van der Waals surface area contributed by atoms with E-state index in [2.05, 4.69) is 42.0 Å². The summed E-state index contributed by atoms with van der Waals surface area (Å²) < 4.78 is 7.54. The van der Waals surface area contributed by atoms with Crippen LogP contribution in [0.5, 0.6) is 0 Å². The standard InChI is InChI=1S/C22H24N4O2S/c1-4-15-7-5-8-16-17(11-23-20(15)16)18(27)13-29-22-25-24-21(19-9-6-10-28-19)26(22)12-14(2)3/h5-11,14,23H,4,12-13H2,1-3H3. The molecule has 1 aromatic carbocycles. The zero-order valence-electron chi connectivity index (χ0n) is 16.8. The molecule has 150 valence electrons. The Bertz CT molecular complexity index is 1130. The number of rotatable bonds is 8. The van der Waals surface area contributed by atoms with Crippen LogP contribution in [-0.4, -0.2) is 31.3 Å². The summed E-state index contributed by atoms with van der Waals surface area (Å²) in [7, 11) is 0. The summed E-state index contributed by atoms with van der Waals surface area (Å²) in [6, 6.07) is 9.80. The highest BCUT2D eigenvalue weighted by Crippen LogP contribution is 2.28. The Morgan fingerprint density at radius 2 is 2.10 bits per heavy atom. The molecule has 0 saturated carbocycles. The highest BCUT2D eigenvalue weighted by Gasteiger charge is 2.20. The van der Waals surface area contributed by atoms with Crippen LogP contribution in [0.3, 0.4) is 0 Å². The summed E-state index contributed by atoms with van der Waals surface area (Å²) in [6.45, 7) is 7.16. The van der Waals surface area contributed by atoms with Gasteiger partial charge in [0.15, 0.2) is 22.5 Å². The minimum atomic E-state index is 0.0770. The Morgan fingerprint density at radius 1 is 1.24 bits per heavy atom. The molecule has 1 N–H and O–H groups in total. The molecule has 0 aliphatic heterocycles. The Kier molecular flexibility index (Phi) is 5.58. The highest BCUT2D eigenvalue weighted by atomic mass is 32.2. The number of hydrogen-bond donors (Lipinski definition) is 1. The number of fused-ring (bicyclic) bond motifs is 1. The molecule has 4 rings (SSSR count). The van der Waals surface area contributed by atoms with Crippen LogP contribution in [0, 0.1) is 5.92 Å². The number of para-hydroxylation sites is 1. The number of carbonyl (C=O) groups is 1. The van der Waals surface area contributed by atoms with E-state index in [0.717, 1.165) is 34.6 Å². The minimum absolute atomic E-state index is 0.0770. The van der Waals surface area contributed by atoms with Gasteiger partial charge in [0, 0.05) is 29.2 Å². The van der Waals surface area contributed by atoms with Crippen LogP contribution in [-0.2, 0) is 13.0 Å². The quantitative estimate of drug-likeness (QED) is 0.320. The van der Waals surface area contributed by atoms with Crippen molar-refractivity contribution in [2.24, 2.45) is 5.92 Å². The minimum Gasteiger partial charge on any atom is -0.461 e. The number of aryl methyl sites for hydroxylation is 1. The highest BCUT2D eigenvalue weighted by molar-refractivity contribution is 7.99. The van der Waals surface area contributed by atoms with Gasteiger partial charge in [-0.15, -0.1) is 10.2 Å². The van der Waals surface area contributed by atoms with Gasteiger partial charge in [-0.25, -0.2) is 0 Å². The lowest BCUT2D eigenvalue weighted by atomic mass is 10.1. The number of hydrogen-bond acceptors (Lipinski definition) is 5. The van der Waals surface area contributed by atoms with Crippen molar-refractivity contribution in [3.63, 3.8) is 0 Å². The van der Waals surface area contributed by atoms with Crippen molar-refractivity contribution in [1.29, 1.82) is 0 Å². The molecule has 0 spiro atoms. The first-order valence-electron chi connectivity index (χ1n) is 9.80. The molecule has 3 heterocycles. The predicted molar refractivity (Wildman–Crippen MR) is 115 cm³/mol. The Morgan fingerprint density at radius 3 is 2.83 bits per heavy atom. The van der Waals surface area contributed by atoms with Gasteiger partial charge in [0.2, 0.25) is 0 Å². The molecule has 0 radical (unpaired) electrons. The summed E-state index contributed by atoms with van der Waals surface area (Å²) in [5.41, 5.74) is 2.99. The van der Waals surface area contributed by atoms with Crippen molar-refractivity contribution in [3.05, 3.63) is 53.9 Å². The molecule has 0 amide bonds. The van der Waals surface area contributed by atoms with Crippen LogP contribution in [0.25, 0.3) is 22.5 Å². The van der Waals surface area contributed by atoms with E-state index >= 15 is 0 Å². The number of H-pyrrole nitrogens is 1. The number of Topliss-reactive ketones (excluding diaryl/α,β-unsaturated/α-hetero) is 1. The fraction of sp³-hybridized carbons (Fsp3) is 0.318. The second-order valence-corrected chi connectivity index (χ2v) is 8.34. The SMILES string of the molecule is CCc1cccc2c(C(=O)CSc3nnc(-c4ccco4)n3CC(C)C)c[nH]c12. The van der Waals surface area contributed by atoms with Gasteiger partial charge >= 0.3 is 0 Å². The molecule has 0 aliphatic rings. The van der Waals surface area contributed by atoms with Crippen LogP contribution in [0.4, 0.5) is 0 Å². The van der Waals surface area contributed by atoms with Crippen molar-refractivity contribution in [2.75, 3.05) is 5.75 Å². The molecule has 29 heavy (non-hydrogen) atoms. The summed E-state index contributed by atoms with van der Waals surface area (Å²) in [6.07, 6.45) is 4.37. The Labute approximate surface area is 173 Å². The van der Waals surface area contributed by atoms with E-state index < -0.39 is 0 Å². The summed E-state index contributed by atoms with van der Waals surface area (Å²) in [5, 5.41) is 10.3. The normalized spacial score (nSPS) is 11.6. The van der Waals surface area contributed by atoms with Crippen molar-refractivity contribution in [1.82, 2.24) is 19.7 Å². The monoisotopic (exact) mass is 408 g/mol. The van der Waals surface area contributed by atoms with E-state index in [-0.39, 0.29) is 5.78 Å². The van der Waals surface area contributed by atoms with E-state index in [0.29, 0.717) is 23.3 Å². The van der Waals surface area contributed by atoms with Crippen LogP contribution in [0.1, 0.15) is 36.7 Å².